The first-order valence-corrected chi connectivity index (χ1v) is 12.0. The van der Waals surface area contributed by atoms with Crippen LogP contribution in [0.15, 0.2) is 0 Å². The third-order valence-electron chi connectivity index (χ3n) is 7.96. The van der Waals surface area contributed by atoms with Crippen molar-refractivity contribution in [1.29, 1.82) is 0 Å². The van der Waals surface area contributed by atoms with Crippen molar-refractivity contribution in [3.63, 3.8) is 0 Å². The zero-order valence-corrected chi connectivity index (χ0v) is 21.1. The first kappa shape index (κ1) is 27.0. The predicted molar refractivity (Wildman–Crippen MR) is 125 cm³/mol. The number of unbranched alkanes of at least 4 members (excludes halogenated alkanes) is 1. The number of hydrogen-bond acceptors (Lipinski definition) is 1. The Balaban J connectivity index is 4.60. The van der Waals surface area contributed by atoms with Crippen LogP contribution >= 0.6 is 0 Å². The largest absolute Gasteiger partial charge is 0.312 e. The van der Waals surface area contributed by atoms with Gasteiger partial charge in [0.1, 0.15) is 0 Å². The Morgan fingerprint density at radius 3 is 1.74 bits per heavy atom. The van der Waals surface area contributed by atoms with Crippen molar-refractivity contribution in [3.05, 3.63) is 0 Å². The highest BCUT2D eigenvalue weighted by atomic mass is 15.0. The minimum Gasteiger partial charge on any atom is -0.312 e. The van der Waals surface area contributed by atoms with Crippen molar-refractivity contribution in [2.24, 2.45) is 22.2 Å². The van der Waals surface area contributed by atoms with E-state index in [0.29, 0.717) is 22.2 Å². The van der Waals surface area contributed by atoms with Crippen LogP contribution in [0.3, 0.4) is 0 Å². The van der Waals surface area contributed by atoms with E-state index >= 15 is 0 Å². The van der Waals surface area contributed by atoms with Gasteiger partial charge in [-0.05, 0) is 81.1 Å². The van der Waals surface area contributed by atoms with Crippen LogP contribution in [-0.2, 0) is 0 Å². The van der Waals surface area contributed by atoms with Crippen molar-refractivity contribution in [2.45, 2.75) is 139 Å². The predicted octanol–water partition coefficient (Wildman–Crippen LogP) is 8.62. The molecule has 0 aliphatic carbocycles. The molecule has 1 N–H and O–H groups in total. The molecule has 0 fully saturated rings. The Kier molecular flexibility index (Phi) is 11.2. The Labute approximate surface area is 173 Å². The van der Waals surface area contributed by atoms with Crippen LogP contribution < -0.4 is 5.32 Å². The second-order valence-electron chi connectivity index (χ2n) is 12.0. The maximum atomic E-state index is 3.80. The second-order valence-corrected chi connectivity index (χ2v) is 12.0. The van der Waals surface area contributed by atoms with Crippen LogP contribution in [0, 0.1) is 22.2 Å². The van der Waals surface area contributed by atoms with Crippen molar-refractivity contribution in [1.82, 2.24) is 5.32 Å². The fourth-order valence-corrected chi connectivity index (χ4v) is 4.19. The molecule has 1 unspecified atom stereocenters. The van der Waals surface area contributed by atoms with Gasteiger partial charge in [-0.25, -0.2) is 0 Å². The van der Waals surface area contributed by atoms with Crippen LogP contribution in [0.5, 0.6) is 0 Å². The van der Waals surface area contributed by atoms with Gasteiger partial charge in [-0.15, -0.1) is 0 Å². The molecule has 1 atom stereocenters. The lowest BCUT2D eigenvalue weighted by Gasteiger charge is -2.44. The summed E-state index contributed by atoms with van der Waals surface area (Å²) in [5, 5.41) is 3.80. The Morgan fingerprint density at radius 1 is 0.667 bits per heavy atom. The quantitative estimate of drug-likeness (QED) is 0.280. The van der Waals surface area contributed by atoms with E-state index in [0.717, 1.165) is 6.54 Å². The summed E-state index contributed by atoms with van der Waals surface area (Å²) in [6, 6.07) is 0. The molecule has 0 bridgehead atoms. The molecule has 0 radical (unpaired) electrons. The number of rotatable bonds is 15. The topological polar surface area (TPSA) is 12.0 Å². The summed E-state index contributed by atoms with van der Waals surface area (Å²) in [5.41, 5.74) is 1.53. The fraction of sp³-hybridized carbons (Fsp3) is 1.00. The van der Waals surface area contributed by atoms with E-state index in [1.807, 2.05) is 0 Å². The Bertz CT molecular complexity index is 389. The fourth-order valence-electron chi connectivity index (χ4n) is 4.19. The smallest absolute Gasteiger partial charge is 0.0150 e. The SMILES string of the molecule is CCCCNC(C)(C)C(C)CCC(C)(C)C(C)(C)CCCC(C)(C)CCC. The molecule has 1 heteroatoms. The summed E-state index contributed by atoms with van der Waals surface area (Å²) in [4.78, 5) is 0. The highest BCUT2D eigenvalue weighted by Crippen LogP contribution is 2.47. The van der Waals surface area contributed by atoms with Gasteiger partial charge in [-0.3, -0.25) is 0 Å². The average Bonchev–Trinajstić information content (AvgIpc) is 2.52. The van der Waals surface area contributed by atoms with Gasteiger partial charge in [-0.2, -0.15) is 0 Å². The molecule has 0 aromatic rings. The van der Waals surface area contributed by atoms with Gasteiger partial charge in [0.15, 0.2) is 0 Å². The van der Waals surface area contributed by atoms with Gasteiger partial charge >= 0.3 is 0 Å². The number of nitrogens with one attached hydrogen (secondary N) is 1. The van der Waals surface area contributed by atoms with E-state index in [4.69, 9.17) is 0 Å². The van der Waals surface area contributed by atoms with E-state index < -0.39 is 0 Å². The first-order chi connectivity index (χ1) is 12.2. The number of hydrogen-bond donors (Lipinski definition) is 1. The second kappa shape index (κ2) is 11.2. The monoisotopic (exact) mass is 381 g/mol. The summed E-state index contributed by atoms with van der Waals surface area (Å²) in [6.07, 6.45) is 11.9. The molecule has 0 rings (SSSR count). The normalized spacial score (nSPS) is 15.2. The maximum absolute atomic E-state index is 3.80. The lowest BCUT2D eigenvalue weighted by Crippen LogP contribution is -2.46. The zero-order chi connectivity index (χ0) is 21.4. The van der Waals surface area contributed by atoms with Crippen LogP contribution in [0.1, 0.15) is 134 Å². The van der Waals surface area contributed by atoms with E-state index in [1.54, 1.807) is 0 Å². The molecule has 0 saturated carbocycles. The average molecular weight is 382 g/mol. The van der Waals surface area contributed by atoms with Gasteiger partial charge in [-0.1, -0.05) is 81.6 Å². The molecular formula is C26H55N. The molecule has 27 heavy (non-hydrogen) atoms. The van der Waals surface area contributed by atoms with Crippen molar-refractivity contribution in [3.8, 4) is 0 Å². The first-order valence-electron chi connectivity index (χ1n) is 12.0. The van der Waals surface area contributed by atoms with Crippen LogP contribution in [0.25, 0.3) is 0 Å². The Hall–Kier alpha value is -0.0400. The molecule has 0 aromatic heterocycles. The Morgan fingerprint density at radius 2 is 1.22 bits per heavy atom. The van der Waals surface area contributed by atoms with Crippen LogP contribution in [-0.4, -0.2) is 12.1 Å². The van der Waals surface area contributed by atoms with E-state index in [9.17, 15) is 0 Å². The zero-order valence-electron chi connectivity index (χ0n) is 21.1. The summed E-state index contributed by atoms with van der Waals surface area (Å²) in [6.45, 7) is 27.9. The highest BCUT2D eigenvalue weighted by Gasteiger charge is 2.37. The summed E-state index contributed by atoms with van der Waals surface area (Å²) < 4.78 is 0. The van der Waals surface area contributed by atoms with E-state index in [-0.39, 0.29) is 5.54 Å². The molecule has 0 heterocycles. The molecule has 0 aliphatic rings. The van der Waals surface area contributed by atoms with Gasteiger partial charge in [0.25, 0.3) is 0 Å². The minimum atomic E-state index is 0.236. The molecule has 1 nitrogen and oxygen atoms in total. The van der Waals surface area contributed by atoms with Gasteiger partial charge in [0.2, 0.25) is 0 Å². The molecule has 0 amide bonds. The standard InChI is InChI=1S/C26H55N/c1-12-14-21-27-26(10,11)22(3)16-20-25(8,9)24(6,7)19-15-18-23(4,5)17-13-2/h22,27H,12-21H2,1-11H3. The van der Waals surface area contributed by atoms with Crippen molar-refractivity contribution < 1.29 is 0 Å². The highest BCUT2D eigenvalue weighted by molar-refractivity contribution is 4.90. The van der Waals surface area contributed by atoms with Crippen molar-refractivity contribution in [2.75, 3.05) is 6.54 Å². The van der Waals surface area contributed by atoms with E-state index in [1.165, 1.54) is 57.8 Å². The van der Waals surface area contributed by atoms with E-state index in [2.05, 4.69) is 81.5 Å². The third-order valence-corrected chi connectivity index (χ3v) is 7.96. The van der Waals surface area contributed by atoms with Crippen molar-refractivity contribution >= 4 is 0 Å². The third kappa shape index (κ3) is 9.82. The molecule has 164 valence electrons. The lowest BCUT2D eigenvalue weighted by atomic mass is 9.62. The molecule has 0 spiro atoms. The summed E-state index contributed by atoms with van der Waals surface area (Å²) in [5.74, 6) is 0.702. The summed E-state index contributed by atoms with van der Waals surface area (Å²) in [7, 11) is 0. The van der Waals surface area contributed by atoms with Gasteiger partial charge in [0.05, 0.1) is 0 Å². The molecule has 0 aromatic carbocycles. The van der Waals surface area contributed by atoms with Gasteiger partial charge in [0, 0.05) is 5.54 Å². The maximum Gasteiger partial charge on any atom is 0.0150 e. The molecule has 0 aliphatic heterocycles. The summed E-state index contributed by atoms with van der Waals surface area (Å²) >= 11 is 0. The van der Waals surface area contributed by atoms with Crippen LogP contribution in [0.4, 0.5) is 0 Å². The van der Waals surface area contributed by atoms with Crippen LogP contribution in [0.2, 0.25) is 0 Å². The lowest BCUT2D eigenvalue weighted by molar-refractivity contribution is 0.0677. The minimum absolute atomic E-state index is 0.236. The molecule has 0 saturated heterocycles. The molecular weight excluding hydrogens is 326 g/mol. The van der Waals surface area contributed by atoms with Gasteiger partial charge < -0.3 is 5.32 Å².